The lowest BCUT2D eigenvalue weighted by Crippen LogP contribution is -2.28. The highest BCUT2D eigenvalue weighted by molar-refractivity contribution is 7.88. The van der Waals surface area contributed by atoms with Crippen LogP contribution in [0.4, 0.5) is 13.2 Å². The van der Waals surface area contributed by atoms with Crippen molar-refractivity contribution in [2.45, 2.75) is 5.51 Å². The zero-order valence-electron chi connectivity index (χ0n) is 10.1. The van der Waals surface area contributed by atoms with Crippen LogP contribution >= 0.6 is 0 Å². The molecule has 0 saturated heterocycles. The Morgan fingerprint density at radius 3 is 2.45 bits per heavy atom. The van der Waals surface area contributed by atoms with Gasteiger partial charge in [0.1, 0.15) is 5.75 Å². The third-order valence-electron chi connectivity index (χ3n) is 2.06. The first-order chi connectivity index (χ1) is 9.29. The second-order valence-corrected chi connectivity index (χ2v) is 4.88. The van der Waals surface area contributed by atoms with Gasteiger partial charge in [0.15, 0.2) is 0 Å². The maximum Gasteiger partial charge on any atom is 0.534 e. The lowest BCUT2D eigenvalue weighted by molar-refractivity contribution is -0.0500. The van der Waals surface area contributed by atoms with E-state index in [4.69, 9.17) is 5.11 Å². The summed E-state index contributed by atoms with van der Waals surface area (Å²) in [5, 5.41) is 7.48. The van der Waals surface area contributed by atoms with Gasteiger partial charge in [0.25, 0.3) is 0 Å². The van der Waals surface area contributed by atoms with Crippen molar-refractivity contribution in [2.24, 2.45) is 0 Å². The summed E-state index contributed by atoms with van der Waals surface area (Å²) in [5.41, 5.74) is -4.93. The van der Waals surface area contributed by atoms with E-state index in [2.05, 4.69) is 9.17 Å². The monoisotopic (exact) mass is 309 g/mol. The number of aliphatic hydroxyl groups excluding tert-OH is 1. The van der Waals surface area contributed by atoms with Gasteiger partial charge in [-0.15, -0.1) is 0 Å². The van der Waals surface area contributed by atoms with Crippen LogP contribution < -0.4 is 4.18 Å². The van der Waals surface area contributed by atoms with Gasteiger partial charge >= 0.3 is 15.6 Å². The summed E-state index contributed by atoms with van der Waals surface area (Å²) in [5.74, 6) is -0.409. The number of benzene rings is 1. The molecular formula is C11H10F3NO4S. The Bertz CT molecular complexity index is 685. The van der Waals surface area contributed by atoms with E-state index in [1.54, 1.807) is 12.1 Å². The third kappa shape index (κ3) is 3.58. The Kier molecular flexibility index (Phi) is 4.90. The summed E-state index contributed by atoms with van der Waals surface area (Å²) < 4.78 is 61.9. The molecule has 0 aliphatic carbocycles. The molecule has 1 aromatic carbocycles. The summed E-state index contributed by atoms with van der Waals surface area (Å²) in [4.78, 5) is 3.94. The SMILES string of the molecule is CO.O=S(=O)(Oc1ccc2ncccc2c1)C(F)(F)F. The second-order valence-electron chi connectivity index (χ2n) is 3.34. The van der Waals surface area contributed by atoms with Crippen molar-refractivity contribution >= 4 is 21.0 Å². The van der Waals surface area contributed by atoms with Crippen molar-refractivity contribution in [3.63, 3.8) is 0 Å². The number of fused-ring (bicyclic) bond motifs is 1. The number of nitrogens with zero attached hydrogens (tertiary/aromatic N) is 1. The number of aliphatic hydroxyl groups is 1. The predicted molar refractivity (Wildman–Crippen MR) is 65.5 cm³/mol. The van der Waals surface area contributed by atoms with Crippen LogP contribution in [0.2, 0.25) is 0 Å². The average Bonchev–Trinajstić information content (AvgIpc) is 2.39. The van der Waals surface area contributed by atoms with Crippen LogP contribution in [0.1, 0.15) is 0 Å². The Labute approximate surface area is 112 Å². The first-order valence-electron chi connectivity index (χ1n) is 5.10. The minimum atomic E-state index is -5.64. The Balaban J connectivity index is 0.000000956. The van der Waals surface area contributed by atoms with Gasteiger partial charge in [-0.1, -0.05) is 6.07 Å². The Morgan fingerprint density at radius 1 is 1.20 bits per heavy atom. The molecule has 0 atom stereocenters. The van der Waals surface area contributed by atoms with Gasteiger partial charge in [-0.3, -0.25) is 4.98 Å². The highest BCUT2D eigenvalue weighted by Gasteiger charge is 2.48. The molecule has 0 aliphatic rings. The molecule has 0 unspecified atom stereocenters. The molecule has 20 heavy (non-hydrogen) atoms. The van der Waals surface area contributed by atoms with Crippen molar-refractivity contribution in [2.75, 3.05) is 7.11 Å². The van der Waals surface area contributed by atoms with Crippen LogP contribution in [-0.2, 0) is 10.1 Å². The number of aromatic nitrogens is 1. The van der Waals surface area contributed by atoms with Crippen LogP contribution in [0.15, 0.2) is 36.5 Å². The van der Waals surface area contributed by atoms with Crippen molar-refractivity contribution in [3.8, 4) is 5.75 Å². The number of hydrogen-bond donors (Lipinski definition) is 1. The van der Waals surface area contributed by atoms with Crippen molar-refractivity contribution in [1.82, 2.24) is 4.98 Å². The first-order valence-corrected chi connectivity index (χ1v) is 6.51. The predicted octanol–water partition coefficient (Wildman–Crippen LogP) is 2.07. The number of halogens is 3. The van der Waals surface area contributed by atoms with Gasteiger partial charge < -0.3 is 9.29 Å². The van der Waals surface area contributed by atoms with E-state index in [1.165, 1.54) is 18.3 Å². The minimum Gasteiger partial charge on any atom is -0.400 e. The average molecular weight is 309 g/mol. The maximum absolute atomic E-state index is 12.1. The van der Waals surface area contributed by atoms with E-state index in [1.807, 2.05) is 0 Å². The highest BCUT2D eigenvalue weighted by atomic mass is 32.2. The molecule has 1 N–H and O–H groups in total. The van der Waals surface area contributed by atoms with Crippen molar-refractivity contribution in [3.05, 3.63) is 36.5 Å². The van der Waals surface area contributed by atoms with Gasteiger partial charge in [-0.2, -0.15) is 21.6 Å². The Hall–Kier alpha value is -1.87. The molecule has 0 amide bonds. The summed E-state index contributed by atoms with van der Waals surface area (Å²) in [6.07, 6.45) is 1.51. The van der Waals surface area contributed by atoms with E-state index >= 15 is 0 Å². The van der Waals surface area contributed by atoms with Gasteiger partial charge in [0, 0.05) is 18.7 Å². The lowest BCUT2D eigenvalue weighted by atomic mass is 10.2. The van der Waals surface area contributed by atoms with Crippen molar-refractivity contribution in [1.29, 1.82) is 0 Å². The molecule has 0 spiro atoms. The molecule has 0 bridgehead atoms. The van der Waals surface area contributed by atoms with E-state index in [-0.39, 0.29) is 0 Å². The van der Waals surface area contributed by atoms with Crippen LogP contribution in [0.5, 0.6) is 5.75 Å². The van der Waals surface area contributed by atoms with E-state index < -0.39 is 21.4 Å². The molecule has 1 aromatic heterocycles. The Morgan fingerprint density at radius 2 is 1.85 bits per heavy atom. The number of rotatable bonds is 2. The molecule has 2 aromatic rings. The summed E-state index contributed by atoms with van der Waals surface area (Å²) in [6.45, 7) is 0. The molecule has 0 aliphatic heterocycles. The zero-order valence-corrected chi connectivity index (χ0v) is 10.9. The van der Waals surface area contributed by atoms with Gasteiger partial charge in [0.05, 0.1) is 5.52 Å². The minimum absolute atomic E-state index is 0.409. The van der Waals surface area contributed by atoms with Gasteiger partial charge in [0.2, 0.25) is 0 Å². The van der Waals surface area contributed by atoms with E-state index in [0.717, 1.165) is 13.2 Å². The van der Waals surface area contributed by atoms with E-state index in [0.29, 0.717) is 10.9 Å². The normalized spacial score (nSPS) is 11.7. The molecule has 0 radical (unpaired) electrons. The quantitative estimate of drug-likeness (QED) is 0.679. The lowest BCUT2D eigenvalue weighted by Gasteiger charge is -2.09. The first kappa shape index (κ1) is 16.2. The molecule has 1 heterocycles. The topological polar surface area (TPSA) is 76.5 Å². The van der Waals surface area contributed by atoms with Crippen LogP contribution in [-0.4, -0.2) is 31.1 Å². The molecule has 0 saturated carbocycles. The molecule has 0 fully saturated rings. The second kappa shape index (κ2) is 6.06. The summed E-state index contributed by atoms with van der Waals surface area (Å²) in [7, 11) is -4.64. The smallest absolute Gasteiger partial charge is 0.400 e. The molecule has 5 nitrogen and oxygen atoms in total. The van der Waals surface area contributed by atoms with Crippen LogP contribution in [0, 0.1) is 0 Å². The molecule has 2 rings (SSSR count). The summed E-state index contributed by atoms with van der Waals surface area (Å²) >= 11 is 0. The largest absolute Gasteiger partial charge is 0.534 e. The molecule has 110 valence electrons. The van der Waals surface area contributed by atoms with Crippen LogP contribution in [0.25, 0.3) is 10.9 Å². The zero-order chi connectivity index (χ0) is 15.4. The van der Waals surface area contributed by atoms with Crippen LogP contribution in [0.3, 0.4) is 0 Å². The summed E-state index contributed by atoms with van der Waals surface area (Å²) in [6, 6.07) is 6.81. The molecule has 9 heteroatoms. The molecular weight excluding hydrogens is 299 g/mol. The fourth-order valence-corrected chi connectivity index (χ4v) is 1.73. The van der Waals surface area contributed by atoms with E-state index in [9.17, 15) is 21.6 Å². The third-order valence-corrected chi connectivity index (χ3v) is 3.04. The standard InChI is InChI=1S/C10H6F3NO3S.CH4O/c11-10(12,13)18(15,16)17-8-3-4-9-7(6-8)2-1-5-14-9;1-2/h1-6H;2H,1H3. The number of alkyl halides is 3. The highest BCUT2D eigenvalue weighted by Crippen LogP contribution is 2.28. The fraction of sp³-hybridized carbons (Fsp3) is 0.182. The number of pyridine rings is 1. The number of hydrogen-bond acceptors (Lipinski definition) is 5. The van der Waals surface area contributed by atoms with Gasteiger partial charge in [-0.05, 0) is 24.3 Å². The van der Waals surface area contributed by atoms with Crippen molar-refractivity contribution < 1.29 is 30.9 Å². The van der Waals surface area contributed by atoms with Gasteiger partial charge in [-0.25, -0.2) is 0 Å². The fourth-order valence-electron chi connectivity index (χ4n) is 1.28. The maximum atomic E-state index is 12.1.